The summed E-state index contributed by atoms with van der Waals surface area (Å²) in [6, 6.07) is -1.40. The number of carbonyl (C=O) groups excluding carboxylic acids is 3. The van der Waals surface area contributed by atoms with Crippen molar-refractivity contribution in [1.82, 2.24) is 10.6 Å². The van der Waals surface area contributed by atoms with Crippen LogP contribution in [-0.4, -0.2) is 59.3 Å². The first kappa shape index (κ1) is 45.3. The normalized spacial score (nSPS) is 13.4. The fourth-order valence-corrected chi connectivity index (χ4v) is 4.68. The van der Waals surface area contributed by atoms with Crippen molar-refractivity contribution >= 4 is 23.8 Å². The number of allylic oxidation sites excluding steroid dienone is 12. The highest BCUT2D eigenvalue weighted by atomic mass is 16.5. The average Bonchev–Trinajstić information content (AvgIpc) is 3.08. The summed E-state index contributed by atoms with van der Waals surface area (Å²) < 4.78 is 5.83. The van der Waals surface area contributed by atoms with Gasteiger partial charge in [-0.05, 0) is 77.0 Å². The molecule has 0 aromatic rings. The Kier molecular flexibility index (Phi) is 31.6. The van der Waals surface area contributed by atoms with Crippen LogP contribution in [0, 0.1) is 0 Å². The summed E-state index contributed by atoms with van der Waals surface area (Å²) in [7, 11) is 0. The fraction of sp³-hybridized carbons (Fsp3) is 0.600. The number of aliphatic hydroxyl groups excluding tert-OH is 1. The van der Waals surface area contributed by atoms with Gasteiger partial charge in [0.15, 0.2) is 0 Å². The average molecular weight is 685 g/mol. The molecule has 0 spiro atoms. The molecule has 0 aromatic heterocycles. The number of aliphatic hydroxyl groups is 1. The molecule has 0 radical (unpaired) electrons. The minimum atomic E-state index is -1.40. The molecule has 0 aliphatic rings. The predicted molar refractivity (Wildman–Crippen MR) is 199 cm³/mol. The van der Waals surface area contributed by atoms with E-state index >= 15 is 0 Å². The molecule has 0 rings (SSSR count). The molecule has 2 unspecified atom stereocenters. The van der Waals surface area contributed by atoms with Crippen molar-refractivity contribution in [3.63, 3.8) is 0 Å². The third-order valence-corrected chi connectivity index (χ3v) is 7.48. The molecule has 0 bridgehead atoms. The molecule has 0 heterocycles. The molecular weight excluding hydrogens is 620 g/mol. The van der Waals surface area contributed by atoms with Gasteiger partial charge in [0.05, 0.1) is 13.2 Å². The monoisotopic (exact) mass is 684 g/mol. The Morgan fingerprint density at radius 3 is 1.63 bits per heavy atom. The van der Waals surface area contributed by atoms with E-state index in [1.54, 1.807) is 0 Å². The highest BCUT2D eigenvalue weighted by molar-refractivity contribution is 5.87. The molecule has 2 amide bonds. The van der Waals surface area contributed by atoms with Gasteiger partial charge in [-0.25, -0.2) is 4.79 Å². The molecule has 0 aliphatic carbocycles. The van der Waals surface area contributed by atoms with E-state index in [2.05, 4.69) is 91.3 Å². The van der Waals surface area contributed by atoms with E-state index in [4.69, 9.17) is 14.9 Å². The molecule has 0 aromatic carbocycles. The van der Waals surface area contributed by atoms with Crippen LogP contribution in [0.25, 0.3) is 0 Å². The molecule has 276 valence electrons. The molecule has 0 saturated heterocycles. The Morgan fingerprint density at radius 1 is 0.633 bits per heavy atom. The van der Waals surface area contributed by atoms with Crippen molar-refractivity contribution in [1.29, 1.82) is 0 Å². The van der Waals surface area contributed by atoms with Gasteiger partial charge >= 0.3 is 11.9 Å². The van der Waals surface area contributed by atoms with Crippen molar-refractivity contribution in [3.05, 3.63) is 72.9 Å². The van der Waals surface area contributed by atoms with Crippen LogP contribution in [0.15, 0.2) is 72.9 Å². The lowest BCUT2D eigenvalue weighted by Gasteiger charge is -2.18. The van der Waals surface area contributed by atoms with E-state index in [0.717, 1.165) is 89.9 Å². The number of aliphatic carboxylic acids is 1. The van der Waals surface area contributed by atoms with Gasteiger partial charge in [0, 0.05) is 12.8 Å². The van der Waals surface area contributed by atoms with Gasteiger partial charge in [0.2, 0.25) is 11.8 Å². The summed E-state index contributed by atoms with van der Waals surface area (Å²) in [4.78, 5) is 47.2. The number of esters is 1. The first-order chi connectivity index (χ1) is 23.8. The summed E-state index contributed by atoms with van der Waals surface area (Å²) in [6.07, 6.45) is 41.0. The minimum Gasteiger partial charge on any atom is -0.480 e. The van der Waals surface area contributed by atoms with Crippen molar-refractivity contribution < 1.29 is 34.1 Å². The van der Waals surface area contributed by atoms with Gasteiger partial charge in [0.25, 0.3) is 0 Å². The van der Waals surface area contributed by atoms with Crippen LogP contribution in [0.4, 0.5) is 0 Å². The quantitative estimate of drug-likeness (QED) is 0.0330. The van der Waals surface area contributed by atoms with Crippen molar-refractivity contribution in [2.75, 3.05) is 13.2 Å². The second-order valence-electron chi connectivity index (χ2n) is 11.9. The van der Waals surface area contributed by atoms with Gasteiger partial charge < -0.3 is 25.6 Å². The van der Waals surface area contributed by atoms with Crippen molar-refractivity contribution in [3.8, 4) is 0 Å². The second kappa shape index (κ2) is 34.2. The molecule has 49 heavy (non-hydrogen) atoms. The first-order valence-corrected chi connectivity index (χ1v) is 18.3. The van der Waals surface area contributed by atoms with Gasteiger partial charge in [0.1, 0.15) is 12.1 Å². The number of hydrogen-bond donors (Lipinski definition) is 4. The summed E-state index contributed by atoms with van der Waals surface area (Å²) in [5.74, 6) is -2.50. The number of carboxylic acid groups (broad SMARTS) is 1. The molecule has 9 nitrogen and oxygen atoms in total. The highest BCUT2D eigenvalue weighted by Crippen LogP contribution is 2.17. The lowest BCUT2D eigenvalue weighted by Crippen LogP contribution is -2.47. The van der Waals surface area contributed by atoms with E-state index in [9.17, 15) is 19.2 Å². The zero-order valence-corrected chi connectivity index (χ0v) is 30.2. The largest absolute Gasteiger partial charge is 0.480 e. The maximum absolute atomic E-state index is 12.5. The summed E-state index contributed by atoms with van der Waals surface area (Å²) in [5, 5.41) is 22.4. The van der Waals surface area contributed by atoms with Gasteiger partial charge in [-0.2, -0.15) is 0 Å². The first-order valence-electron chi connectivity index (χ1n) is 18.3. The van der Waals surface area contributed by atoms with Crippen LogP contribution in [0.3, 0.4) is 0 Å². The number of carbonyl (C=O) groups is 4. The Balaban J connectivity index is 4.22. The Labute approximate surface area is 295 Å². The SMILES string of the molecule is CC/C=C\C/C=C\C/C=C\C/C=C\C/C=C\C/C=C\CCC(=O)OC(CCCCCC)CCCCCC(=O)NCC(=O)NC(CO)C(=O)O. The minimum absolute atomic E-state index is 0.124. The third kappa shape index (κ3) is 31.3. The smallest absolute Gasteiger partial charge is 0.328 e. The van der Waals surface area contributed by atoms with Gasteiger partial charge in [-0.3, -0.25) is 14.4 Å². The lowest BCUT2D eigenvalue weighted by molar-refractivity contribution is -0.149. The number of carboxylic acids is 1. The van der Waals surface area contributed by atoms with Gasteiger partial charge in [-0.15, -0.1) is 0 Å². The Bertz CT molecular complexity index is 1060. The molecule has 0 fully saturated rings. The number of amides is 2. The fourth-order valence-electron chi connectivity index (χ4n) is 4.68. The van der Waals surface area contributed by atoms with Crippen LogP contribution < -0.4 is 10.6 Å². The number of rotatable bonds is 31. The summed E-state index contributed by atoms with van der Waals surface area (Å²) in [5.41, 5.74) is 0. The molecule has 9 heteroatoms. The topological polar surface area (TPSA) is 142 Å². The standard InChI is InChI=1S/C40H64N2O7/c1-3-5-7-9-10-11-12-13-14-15-16-17-18-19-20-21-22-23-28-32-39(46)49-35(29-25-8-6-4-2)30-26-24-27-31-37(44)41-33-38(45)42-36(34-43)40(47)48/h5,7,10-11,13-14,16-17,19-20,22-23,35-36,43H,3-4,6,8-9,12,15,18,21,24-34H2,1-2H3,(H,41,44)(H,42,45)(H,47,48)/b7-5-,11-10-,14-13-,17-16-,20-19-,23-22-. The van der Waals surface area contributed by atoms with E-state index in [1.165, 1.54) is 0 Å². The summed E-state index contributed by atoms with van der Waals surface area (Å²) >= 11 is 0. The number of hydrogen-bond acceptors (Lipinski definition) is 6. The number of nitrogens with one attached hydrogen (secondary N) is 2. The molecule has 0 aliphatic heterocycles. The maximum Gasteiger partial charge on any atom is 0.328 e. The van der Waals surface area contributed by atoms with Crippen molar-refractivity contribution in [2.45, 2.75) is 142 Å². The lowest BCUT2D eigenvalue weighted by atomic mass is 10.0. The molecule has 2 atom stereocenters. The Morgan fingerprint density at radius 2 is 1.14 bits per heavy atom. The van der Waals surface area contributed by atoms with E-state index in [0.29, 0.717) is 19.3 Å². The summed E-state index contributed by atoms with van der Waals surface area (Å²) in [6.45, 7) is 3.23. The predicted octanol–water partition coefficient (Wildman–Crippen LogP) is 7.97. The second-order valence-corrected chi connectivity index (χ2v) is 11.9. The maximum atomic E-state index is 12.5. The van der Waals surface area contributed by atoms with Crippen LogP contribution >= 0.6 is 0 Å². The van der Waals surface area contributed by atoms with Crippen LogP contribution in [0.5, 0.6) is 0 Å². The van der Waals surface area contributed by atoms with Gasteiger partial charge in [-0.1, -0.05) is 112 Å². The number of ether oxygens (including phenoxy) is 1. The Hall–Kier alpha value is -3.72. The number of unbranched alkanes of at least 4 members (excludes halogenated alkanes) is 5. The van der Waals surface area contributed by atoms with Crippen LogP contribution in [0.1, 0.15) is 129 Å². The molecule has 4 N–H and O–H groups in total. The third-order valence-electron chi connectivity index (χ3n) is 7.48. The molecular formula is C40H64N2O7. The van der Waals surface area contributed by atoms with Crippen molar-refractivity contribution in [2.24, 2.45) is 0 Å². The van der Waals surface area contributed by atoms with Crippen LogP contribution in [-0.2, 0) is 23.9 Å². The zero-order valence-electron chi connectivity index (χ0n) is 30.2. The highest BCUT2D eigenvalue weighted by Gasteiger charge is 2.19. The van der Waals surface area contributed by atoms with E-state index < -0.39 is 24.5 Å². The van der Waals surface area contributed by atoms with Crippen LogP contribution in [0.2, 0.25) is 0 Å². The molecule has 0 saturated carbocycles. The van der Waals surface area contributed by atoms with E-state index in [1.807, 2.05) is 6.08 Å². The van der Waals surface area contributed by atoms with E-state index in [-0.39, 0.29) is 30.9 Å². The zero-order chi connectivity index (χ0) is 36.2.